The van der Waals surface area contributed by atoms with Gasteiger partial charge < -0.3 is 15.5 Å². The summed E-state index contributed by atoms with van der Waals surface area (Å²) in [7, 11) is 0. The van der Waals surface area contributed by atoms with Crippen LogP contribution in [-0.2, 0) is 4.79 Å². The van der Waals surface area contributed by atoms with Crippen LogP contribution in [0.1, 0.15) is 30.1 Å². The second kappa shape index (κ2) is 8.99. The summed E-state index contributed by atoms with van der Waals surface area (Å²) in [5.41, 5.74) is 2.25. The number of hydrogen-bond acceptors (Lipinski definition) is 3. The van der Waals surface area contributed by atoms with Crippen LogP contribution >= 0.6 is 0 Å². The molecule has 0 spiro atoms. The van der Waals surface area contributed by atoms with Gasteiger partial charge in [-0.3, -0.25) is 9.59 Å². The Morgan fingerprint density at radius 3 is 2.30 bits per heavy atom. The Labute approximate surface area is 177 Å². The van der Waals surface area contributed by atoms with Crippen LogP contribution in [0.3, 0.4) is 0 Å². The van der Waals surface area contributed by atoms with Crippen molar-refractivity contribution in [2.45, 2.75) is 19.8 Å². The molecule has 0 bridgehead atoms. The molecular formula is C25H27N3O2. The Hall–Kier alpha value is -3.34. The maximum atomic E-state index is 12.6. The van der Waals surface area contributed by atoms with Crippen LogP contribution in [0.25, 0.3) is 10.8 Å². The van der Waals surface area contributed by atoms with Crippen LogP contribution in [-0.4, -0.2) is 36.3 Å². The quantitative estimate of drug-likeness (QED) is 0.648. The highest BCUT2D eigenvalue weighted by Crippen LogP contribution is 2.20. The number of likely N-dealkylation sites (tertiary alicyclic amines) is 1. The number of rotatable bonds is 5. The third-order valence-electron chi connectivity index (χ3n) is 5.69. The van der Waals surface area contributed by atoms with Crippen molar-refractivity contribution >= 4 is 34.0 Å². The van der Waals surface area contributed by atoms with Crippen LogP contribution in [0.2, 0.25) is 0 Å². The molecule has 154 valence electrons. The minimum atomic E-state index is -0.132. The fourth-order valence-corrected chi connectivity index (χ4v) is 3.78. The van der Waals surface area contributed by atoms with E-state index in [0.29, 0.717) is 17.2 Å². The van der Waals surface area contributed by atoms with Gasteiger partial charge in [0.2, 0.25) is 5.91 Å². The van der Waals surface area contributed by atoms with Crippen molar-refractivity contribution in [3.05, 3.63) is 72.3 Å². The van der Waals surface area contributed by atoms with E-state index in [-0.39, 0.29) is 18.4 Å². The molecule has 0 radical (unpaired) electrons. The molecule has 1 aliphatic heterocycles. The van der Waals surface area contributed by atoms with E-state index in [1.807, 2.05) is 41.3 Å². The van der Waals surface area contributed by atoms with E-state index >= 15 is 0 Å². The molecule has 30 heavy (non-hydrogen) atoms. The second-order valence-corrected chi connectivity index (χ2v) is 8.02. The molecule has 5 heteroatoms. The van der Waals surface area contributed by atoms with E-state index in [4.69, 9.17) is 0 Å². The fraction of sp³-hybridized carbons (Fsp3) is 0.280. The van der Waals surface area contributed by atoms with Gasteiger partial charge in [0.1, 0.15) is 0 Å². The third kappa shape index (κ3) is 4.79. The lowest BCUT2D eigenvalue weighted by atomic mass is 9.98. The summed E-state index contributed by atoms with van der Waals surface area (Å²) >= 11 is 0. The number of benzene rings is 3. The summed E-state index contributed by atoms with van der Waals surface area (Å²) in [5.74, 6) is 0.625. The predicted octanol–water partition coefficient (Wildman–Crippen LogP) is 4.76. The number of nitrogens with zero attached hydrogens (tertiary/aromatic N) is 1. The molecule has 5 nitrogen and oxygen atoms in total. The summed E-state index contributed by atoms with van der Waals surface area (Å²) in [6.45, 7) is 4.04. The third-order valence-corrected chi connectivity index (χ3v) is 5.69. The van der Waals surface area contributed by atoms with Crippen LogP contribution in [0.5, 0.6) is 0 Å². The number of hydrogen-bond donors (Lipinski definition) is 2. The maximum absolute atomic E-state index is 12.6. The van der Waals surface area contributed by atoms with Crippen molar-refractivity contribution in [1.82, 2.24) is 4.90 Å². The van der Waals surface area contributed by atoms with Gasteiger partial charge in [-0.1, -0.05) is 37.3 Å². The zero-order chi connectivity index (χ0) is 20.9. The van der Waals surface area contributed by atoms with Crippen molar-refractivity contribution < 1.29 is 9.59 Å². The number of anilines is 2. The van der Waals surface area contributed by atoms with Gasteiger partial charge in [0.25, 0.3) is 5.91 Å². The van der Waals surface area contributed by atoms with Crippen molar-refractivity contribution in [2.75, 3.05) is 30.3 Å². The van der Waals surface area contributed by atoms with E-state index in [9.17, 15) is 9.59 Å². The highest BCUT2D eigenvalue weighted by Gasteiger charge is 2.21. The first-order valence-electron chi connectivity index (χ1n) is 10.5. The predicted molar refractivity (Wildman–Crippen MR) is 122 cm³/mol. The molecule has 1 heterocycles. The van der Waals surface area contributed by atoms with Crippen molar-refractivity contribution in [2.24, 2.45) is 5.92 Å². The van der Waals surface area contributed by atoms with E-state index in [1.165, 1.54) is 5.39 Å². The number of carbonyl (C=O) groups excluding carboxylic acids is 2. The monoisotopic (exact) mass is 401 g/mol. The van der Waals surface area contributed by atoms with Crippen molar-refractivity contribution in [1.29, 1.82) is 0 Å². The number of carbonyl (C=O) groups is 2. The molecule has 0 atom stereocenters. The summed E-state index contributed by atoms with van der Waals surface area (Å²) in [5, 5.41) is 8.33. The lowest BCUT2D eigenvalue weighted by molar-refractivity contribution is -0.114. The molecule has 3 aromatic rings. The van der Waals surface area contributed by atoms with E-state index in [2.05, 4.69) is 23.6 Å². The minimum absolute atomic E-state index is 0.0674. The largest absolute Gasteiger partial charge is 0.376 e. The van der Waals surface area contributed by atoms with Crippen molar-refractivity contribution in [3.8, 4) is 0 Å². The molecule has 1 saturated heterocycles. The topological polar surface area (TPSA) is 61.4 Å². The molecule has 4 rings (SSSR count). The molecular weight excluding hydrogens is 374 g/mol. The van der Waals surface area contributed by atoms with Gasteiger partial charge in [-0.2, -0.15) is 0 Å². The number of nitrogens with one attached hydrogen (secondary N) is 2. The number of fused-ring (bicyclic) bond motifs is 1. The van der Waals surface area contributed by atoms with Gasteiger partial charge in [0.15, 0.2) is 0 Å². The van der Waals surface area contributed by atoms with Crippen molar-refractivity contribution in [3.63, 3.8) is 0 Å². The fourth-order valence-electron chi connectivity index (χ4n) is 3.78. The number of piperidine rings is 1. The highest BCUT2D eigenvalue weighted by atomic mass is 16.2. The lowest BCUT2D eigenvalue weighted by Gasteiger charge is -2.30. The molecule has 0 aromatic heterocycles. The lowest BCUT2D eigenvalue weighted by Crippen LogP contribution is -2.37. The Kier molecular flexibility index (Phi) is 5.98. The standard InChI is InChI=1S/C25H27N3O2/c1-18-12-14-28(15-13-18)25(30)20-7-9-22(10-8-20)27-24(29)17-26-23-11-6-19-4-2-3-5-21(19)16-23/h2-11,16,18,26H,12-15,17H2,1H3,(H,27,29). The van der Waals surface area contributed by atoms with E-state index < -0.39 is 0 Å². The van der Waals surface area contributed by atoms with Crippen LogP contribution in [0.15, 0.2) is 66.7 Å². The Bertz CT molecular complexity index is 1040. The summed E-state index contributed by atoms with van der Waals surface area (Å²) < 4.78 is 0. The van der Waals surface area contributed by atoms with Crippen LogP contribution < -0.4 is 10.6 Å². The average Bonchev–Trinajstić information content (AvgIpc) is 2.78. The minimum Gasteiger partial charge on any atom is -0.376 e. The second-order valence-electron chi connectivity index (χ2n) is 8.02. The van der Waals surface area contributed by atoms with Gasteiger partial charge in [-0.05, 0) is 65.9 Å². The molecule has 0 aliphatic carbocycles. The molecule has 1 fully saturated rings. The molecule has 0 unspecified atom stereocenters. The summed E-state index contributed by atoms with van der Waals surface area (Å²) in [6, 6.07) is 21.3. The van der Waals surface area contributed by atoms with Crippen LogP contribution in [0, 0.1) is 5.92 Å². The SMILES string of the molecule is CC1CCN(C(=O)c2ccc(NC(=O)CNc3ccc4ccccc4c3)cc2)CC1. The van der Waals surface area contributed by atoms with E-state index in [0.717, 1.165) is 37.0 Å². The van der Waals surface area contributed by atoms with E-state index in [1.54, 1.807) is 24.3 Å². The molecule has 2 amide bonds. The zero-order valence-corrected chi connectivity index (χ0v) is 17.2. The van der Waals surface area contributed by atoms with Gasteiger partial charge >= 0.3 is 0 Å². The first-order chi connectivity index (χ1) is 14.6. The average molecular weight is 402 g/mol. The zero-order valence-electron chi connectivity index (χ0n) is 17.2. The highest BCUT2D eigenvalue weighted by molar-refractivity contribution is 5.97. The maximum Gasteiger partial charge on any atom is 0.253 e. The Balaban J connectivity index is 1.30. The first kappa shape index (κ1) is 20.0. The molecule has 3 aromatic carbocycles. The normalized spacial score (nSPS) is 14.5. The Morgan fingerprint density at radius 2 is 1.57 bits per heavy atom. The van der Waals surface area contributed by atoms with Gasteiger partial charge in [0.05, 0.1) is 6.54 Å². The van der Waals surface area contributed by atoms with Gasteiger partial charge in [-0.25, -0.2) is 0 Å². The summed E-state index contributed by atoms with van der Waals surface area (Å²) in [4.78, 5) is 26.8. The number of amides is 2. The Morgan fingerprint density at radius 1 is 0.900 bits per heavy atom. The molecule has 2 N–H and O–H groups in total. The smallest absolute Gasteiger partial charge is 0.253 e. The van der Waals surface area contributed by atoms with Crippen LogP contribution in [0.4, 0.5) is 11.4 Å². The van der Waals surface area contributed by atoms with Gasteiger partial charge in [0, 0.05) is 30.0 Å². The first-order valence-corrected chi connectivity index (χ1v) is 10.5. The molecule has 0 saturated carbocycles. The van der Waals surface area contributed by atoms with Gasteiger partial charge in [-0.15, -0.1) is 0 Å². The summed E-state index contributed by atoms with van der Waals surface area (Å²) in [6.07, 6.45) is 2.12. The molecule has 1 aliphatic rings.